The first-order chi connectivity index (χ1) is 7.86. The van der Waals surface area contributed by atoms with Crippen molar-refractivity contribution in [1.29, 1.82) is 0 Å². The van der Waals surface area contributed by atoms with E-state index < -0.39 is 0 Å². The fourth-order valence-electron chi connectivity index (χ4n) is 1.63. The van der Waals surface area contributed by atoms with E-state index in [-0.39, 0.29) is 11.7 Å². The molecule has 0 aromatic carbocycles. The van der Waals surface area contributed by atoms with Gasteiger partial charge in [0.1, 0.15) is 6.33 Å². The molecule has 86 valence electrons. The first-order valence-electron chi connectivity index (χ1n) is 5.38. The zero-order valence-electron chi connectivity index (χ0n) is 8.99. The summed E-state index contributed by atoms with van der Waals surface area (Å²) >= 11 is 0. The highest BCUT2D eigenvalue weighted by molar-refractivity contribution is 5.90. The number of amides is 1. The number of carbonyl (C=O) groups excluding carboxylic acids is 1. The van der Waals surface area contributed by atoms with Gasteiger partial charge in [0.05, 0.1) is 0 Å². The Balaban J connectivity index is 1.72. The van der Waals surface area contributed by atoms with Crippen LogP contribution in [-0.2, 0) is 0 Å². The molecule has 0 bridgehead atoms. The van der Waals surface area contributed by atoms with Crippen molar-refractivity contribution in [3.8, 4) is 0 Å². The lowest BCUT2D eigenvalue weighted by atomic mass is 10.1. The number of nitrogens with one attached hydrogen (secondary N) is 3. The minimum atomic E-state index is -0.202. The number of aromatic amines is 1. The molecule has 0 unspecified atom stereocenters. The van der Waals surface area contributed by atoms with Crippen LogP contribution in [0.4, 0.5) is 0 Å². The summed E-state index contributed by atoms with van der Waals surface area (Å²) in [5.74, 6) is 0.0614. The van der Waals surface area contributed by atoms with E-state index in [9.17, 15) is 4.79 Å². The highest BCUT2D eigenvalue weighted by Gasteiger charge is 2.08. The lowest BCUT2D eigenvalue weighted by Crippen LogP contribution is -2.27. The average molecular weight is 221 g/mol. The van der Waals surface area contributed by atoms with Crippen molar-refractivity contribution in [2.24, 2.45) is 0 Å². The third-order valence-corrected chi connectivity index (χ3v) is 2.52. The summed E-state index contributed by atoms with van der Waals surface area (Å²) in [6.45, 7) is 2.61. The van der Waals surface area contributed by atoms with Crippen molar-refractivity contribution >= 4 is 5.91 Å². The van der Waals surface area contributed by atoms with Gasteiger partial charge in [-0.25, -0.2) is 4.98 Å². The van der Waals surface area contributed by atoms with Gasteiger partial charge in [0.2, 0.25) is 5.82 Å². The molecule has 6 heteroatoms. The molecule has 3 N–H and O–H groups in total. The quantitative estimate of drug-likeness (QED) is 0.617. The van der Waals surface area contributed by atoms with Crippen LogP contribution in [0.25, 0.3) is 0 Å². The van der Waals surface area contributed by atoms with E-state index in [1.54, 1.807) is 0 Å². The van der Waals surface area contributed by atoms with E-state index in [1.165, 1.54) is 11.9 Å². The Morgan fingerprint density at radius 1 is 1.56 bits per heavy atom. The normalized spacial score (nSPS) is 15.6. The maximum atomic E-state index is 11.5. The van der Waals surface area contributed by atoms with E-state index >= 15 is 0 Å². The molecule has 2 heterocycles. The van der Waals surface area contributed by atoms with E-state index in [4.69, 9.17) is 0 Å². The van der Waals surface area contributed by atoms with Gasteiger partial charge in [-0.05, 0) is 19.4 Å². The highest BCUT2D eigenvalue weighted by atomic mass is 16.2. The van der Waals surface area contributed by atoms with Gasteiger partial charge in [-0.3, -0.25) is 9.89 Å². The minimum absolute atomic E-state index is 0.202. The van der Waals surface area contributed by atoms with Gasteiger partial charge in [0.15, 0.2) is 0 Å². The number of hydrogen-bond acceptors (Lipinski definition) is 4. The van der Waals surface area contributed by atoms with Gasteiger partial charge in [0, 0.05) is 13.1 Å². The van der Waals surface area contributed by atoms with Crippen LogP contribution in [0.1, 0.15) is 23.5 Å². The molecule has 1 aromatic heterocycles. The standard InChI is InChI=1S/C10H15N5O/c16-10(9-13-7-14-15-9)12-6-3-8-1-4-11-5-2-8/h1,7,11H,2-6H2,(H,12,16)(H,13,14,15). The molecule has 0 spiro atoms. The third kappa shape index (κ3) is 2.90. The predicted octanol–water partition coefficient (Wildman–Crippen LogP) is -0.156. The lowest BCUT2D eigenvalue weighted by Gasteiger charge is -2.13. The fourth-order valence-corrected chi connectivity index (χ4v) is 1.63. The molecule has 1 amide bonds. The molecule has 0 fully saturated rings. The summed E-state index contributed by atoms with van der Waals surface area (Å²) in [4.78, 5) is 15.2. The number of rotatable bonds is 4. The van der Waals surface area contributed by atoms with Crippen LogP contribution in [-0.4, -0.2) is 40.7 Å². The Morgan fingerprint density at radius 2 is 2.50 bits per heavy atom. The minimum Gasteiger partial charge on any atom is -0.349 e. The van der Waals surface area contributed by atoms with Crippen molar-refractivity contribution < 1.29 is 4.79 Å². The van der Waals surface area contributed by atoms with Crippen LogP contribution >= 0.6 is 0 Å². The summed E-state index contributed by atoms with van der Waals surface area (Å²) in [5, 5.41) is 12.2. The maximum absolute atomic E-state index is 11.5. The van der Waals surface area contributed by atoms with Crippen molar-refractivity contribution in [2.45, 2.75) is 12.8 Å². The van der Waals surface area contributed by atoms with Crippen molar-refractivity contribution in [3.63, 3.8) is 0 Å². The van der Waals surface area contributed by atoms with Crippen LogP contribution in [0.2, 0.25) is 0 Å². The summed E-state index contributed by atoms with van der Waals surface area (Å²) in [6.07, 6.45) is 5.48. The molecule has 0 atom stereocenters. The zero-order valence-corrected chi connectivity index (χ0v) is 8.99. The SMILES string of the molecule is O=C(NCCC1=CCNCC1)c1ncn[nH]1. The molecule has 1 aromatic rings. The molecule has 1 aliphatic heterocycles. The van der Waals surface area contributed by atoms with Crippen LogP contribution in [0.3, 0.4) is 0 Å². The topological polar surface area (TPSA) is 82.7 Å². The van der Waals surface area contributed by atoms with E-state index in [0.717, 1.165) is 25.9 Å². The number of carbonyl (C=O) groups is 1. The molecule has 0 radical (unpaired) electrons. The van der Waals surface area contributed by atoms with E-state index in [0.29, 0.717) is 6.54 Å². The smallest absolute Gasteiger partial charge is 0.288 e. The maximum Gasteiger partial charge on any atom is 0.288 e. The predicted molar refractivity (Wildman–Crippen MR) is 58.9 cm³/mol. The monoisotopic (exact) mass is 221 g/mol. The van der Waals surface area contributed by atoms with Gasteiger partial charge in [-0.15, -0.1) is 0 Å². The Morgan fingerprint density at radius 3 is 3.19 bits per heavy atom. The van der Waals surface area contributed by atoms with Crippen LogP contribution < -0.4 is 10.6 Å². The second-order valence-corrected chi connectivity index (χ2v) is 3.66. The summed E-state index contributed by atoms with van der Waals surface area (Å²) in [7, 11) is 0. The number of aromatic nitrogens is 3. The van der Waals surface area contributed by atoms with Gasteiger partial charge < -0.3 is 10.6 Å². The Labute approximate surface area is 93.5 Å². The van der Waals surface area contributed by atoms with Gasteiger partial charge in [0.25, 0.3) is 5.91 Å². The molecule has 0 saturated heterocycles. The third-order valence-electron chi connectivity index (χ3n) is 2.52. The molecule has 6 nitrogen and oxygen atoms in total. The van der Waals surface area contributed by atoms with Crippen molar-refractivity contribution in [3.05, 3.63) is 23.8 Å². The van der Waals surface area contributed by atoms with Crippen LogP contribution in [0.15, 0.2) is 18.0 Å². The zero-order chi connectivity index (χ0) is 11.2. The van der Waals surface area contributed by atoms with E-state index in [2.05, 4.69) is 31.9 Å². The van der Waals surface area contributed by atoms with Gasteiger partial charge >= 0.3 is 0 Å². The number of H-pyrrole nitrogens is 1. The molecular weight excluding hydrogens is 206 g/mol. The lowest BCUT2D eigenvalue weighted by molar-refractivity contribution is 0.0944. The number of nitrogens with zero attached hydrogens (tertiary/aromatic N) is 2. The summed E-state index contributed by atoms with van der Waals surface area (Å²) in [6, 6.07) is 0. The second-order valence-electron chi connectivity index (χ2n) is 3.66. The molecule has 0 aliphatic carbocycles. The average Bonchev–Trinajstić information content (AvgIpc) is 2.84. The molecule has 2 rings (SSSR count). The number of hydrogen-bond donors (Lipinski definition) is 3. The Kier molecular flexibility index (Phi) is 3.66. The summed E-state index contributed by atoms with van der Waals surface area (Å²) < 4.78 is 0. The fraction of sp³-hybridized carbons (Fsp3) is 0.500. The molecule has 0 saturated carbocycles. The molecule has 1 aliphatic rings. The second kappa shape index (κ2) is 5.41. The van der Waals surface area contributed by atoms with E-state index in [1.807, 2.05) is 0 Å². The van der Waals surface area contributed by atoms with Crippen LogP contribution in [0, 0.1) is 0 Å². The first kappa shape index (κ1) is 10.8. The van der Waals surface area contributed by atoms with Crippen molar-refractivity contribution in [2.75, 3.05) is 19.6 Å². The first-order valence-corrected chi connectivity index (χ1v) is 5.38. The Hall–Kier alpha value is -1.69. The molecule has 16 heavy (non-hydrogen) atoms. The van der Waals surface area contributed by atoms with Gasteiger partial charge in [-0.2, -0.15) is 5.10 Å². The van der Waals surface area contributed by atoms with Crippen molar-refractivity contribution in [1.82, 2.24) is 25.8 Å². The Bertz CT molecular complexity index is 371. The largest absolute Gasteiger partial charge is 0.349 e. The highest BCUT2D eigenvalue weighted by Crippen LogP contribution is 2.07. The van der Waals surface area contributed by atoms with Gasteiger partial charge in [-0.1, -0.05) is 11.6 Å². The molecular formula is C10H15N5O. The van der Waals surface area contributed by atoms with Crippen LogP contribution in [0.5, 0.6) is 0 Å². The summed E-state index contributed by atoms with van der Waals surface area (Å²) in [5.41, 5.74) is 1.40.